The van der Waals surface area contributed by atoms with Crippen molar-refractivity contribution in [3.63, 3.8) is 0 Å². The minimum atomic E-state index is -0.391. The van der Waals surface area contributed by atoms with Gasteiger partial charge in [-0.25, -0.2) is 0 Å². The van der Waals surface area contributed by atoms with Crippen molar-refractivity contribution in [3.05, 3.63) is 325 Å². The van der Waals surface area contributed by atoms with E-state index in [-0.39, 0.29) is 34.3 Å². The highest BCUT2D eigenvalue weighted by molar-refractivity contribution is 7.25. The molecule has 0 bridgehead atoms. The minimum absolute atomic E-state index is 0.0166. The first-order valence-corrected chi connectivity index (χ1v) is 61.7. The Balaban J connectivity index is 0.000000229. The number of thiophene rings is 6. The van der Waals surface area contributed by atoms with Crippen LogP contribution < -0.4 is 9.47 Å². The molecule has 6 aromatic heterocycles. The van der Waals surface area contributed by atoms with E-state index in [1.165, 1.54) is 300 Å². The van der Waals surface area contributed by atoms with Crippen LogP contribution in [-0.2, 0) is 35.3 Å². The third kappa shape index (κ3) is 27.4. The predicted octanol–water partition coefficient (Wildman–Crippen LogP) is 43.2. The molecule has 6 heterocycles. The summed E-state index contributed by atoms with van der Waals surface area (Å²) in [6.07, 6.45) is 52.1. The van der Waals surface area contributed by atoms with Crippen LogP contribution in [0.15, 0.2) is 281 Å². The van der Waals surface area contributed by atoms with Crippen LogP contribution >= 0.6 is 68.0 Å². The fraction of sp³-hybridized carbons (Fsp3) is 0.401. The van der Waals surface area contributed by atoms with Crippen LogP contribution in [0.3, 0.4) is 0 Å². The van der Waals surface area contributed by atoms with Gasteiger partial charge in [0.05, 0.1) is 13.2 Å². The van der Waals surface area contributed by atoms with Crippen LogP contribution in [-0.4, -0.2) is 37.4 Å². The fourth-order valence-electron chi connectivity index (χ4n) is 23.7. The summed E-state index contributed by atoms with van der Waals surface area (Å²) in [5.74, 6) is 1.53. The Labute approximate surface area is 917 Å². The highest BCUT2D eigenvalue weighted by Crippen LogP contribution is 2.61. The van der Waals surface area contributed by atoms with Crippen molar-refractivity contribution in [1.29, 1.82) is 0 Å². The molecule has 149 heavy (non-hydrogen) atoms. The highest BCUT2D eigenvalue weighted by atomic mass is 32.1. The zero-order valence-corrected chi connectivity index (χ0v) is 95.2. The van der Waals surface area contributed by atoms with Gasteiger partial charge in [0.15, 0.2) is 0 Å². The summed E-state index contributed by atoms with van der Waals surface area (Å²) >= 11 is 11.5. The van der Waals surface area contributed by atoms with Crippen LogP contribution in [0.2, 0.25) is 0 Å². The number of unbranched alkanes of at least 4 members (excludes halogenated alkanes) is 24. The Morgan fingerprint density at radius 1 is 0.248 bits per heavy atom. The van der Waals surface area contributed by atoms with Crippen LogP contribution in [0.25, 0.3) is 126 Å². The maximum absolute atomic E-state index is 12.0. The molecule has 0 aliphatic heterocycles. The summed E-state index contributed by atoms with van der Waals surface area (Å²) in [7, 11) is 0. The molecular formula is C137H160O6S6. The van der Waals surface area contributed by atoms with Crippen LogP contribution in [0.5, 0.6) is 11.5 Å². The topological polar surface area (TPSA) is 71.1 Å². The zero-order chi connectivity index (χ0) is 104. The predicted molar refractivity (Wildman–Crippen MR) is 647 cm³/mol. The summed E-state index contributed by atoms with van der Waals surface area (Å²) in [5.41, 5.74) is 28.4. The minimum Gasteiger partial charge on any atom is -0.494 e. The molecule has 3 aliphatic rings. The van der Waals surface area contributed by atoms with Gasteiger partial charge in [0.2, 0.25) is 0 Å². The van der Waals surface area contributed by atoms with Gasteiger partial charge < -0.3 is 18.9 Å². The molecule has 0 unspecified atom stereocenters. The third-order valence-corrected chi connectivity index (χ3v) is 38.5. The zero-order valence-electron chi connectivity index (χ0n) is 90.3. The molecule has 0 atom stereocenters. The molecule has 12 heteroatoms. The van der Waals surface area contributed by atoms with Gasteiger partial charge in [-0.1, -0.05) is 332 Å². The molecule has 0 N–H and O–H groups in total. The molecule has 0 amide bonds. The van der Waals surface area contributed by atoms with E-state index in [0.717, 1.165) is 127 Å². The number of rotatable bonds is 61. The highest BCUT2D eigenvalue weighted by Gasteiger charge is 2.46. The molecule has 17 rings (SSSR count). The summed E-state index contributed by atoms with van der Waals surface area (Å²) in [4.78, 5) is 39.9. The molecule has 0 radical (unpaired) electrons. The molecule has 780 valence electrons. The number of hydrogen-bond acceptors (Lipinski definition) is 12. The number of fused-ring (bicyclic) bond motifs is 9. The monoisotopic (exact) mass is 2090 g/mol. The van der Waals surface area contributed by atoms with Crippen LogP contribution in [0, 0.1) is 13.8 Å². The molecule has 0 fully saturated rings. The molecule has 8 aromatic carbocycles. The number of aryl methyl sites for hydroxylation is 2. The summed E-state index contributed by atoms with van der Waals surface area (Å²) in [6, 6.07) is 89.4. The van der Waals surface area contributed by atoms with Gasteiger partial charge in [-0.05, 0) is 360 Å². The number of carbonyl (C=O) groups excluding carboxylic acids is 2. The smallest absolute Gasteiger partial charge is 0.306 e. The lowest BCUT2D eigenvalue weighted by molar-refractivity contribution is -0.146. The SMILES string of the molecule is C=CC(C=C)OC(=O)CCCCCCCCCCOc1ccc(-c2ccc(-c3ccc4c(c3)C(CCC)(CCC)c3cc(-c5ccc(-c6ccc(-c7ccc8c(c7)C(CCCCCCCC)(CCCCCCCC)c7cc(C)ccc7-8)s6)s5)ccc3-4)s2)cc1.C=CC(C=C)OC(=O)CCCCCCCCCCOc1ccc(-c2ccc(-c3ccc4c(c3)C(CCC)(CCC)c3cc(-c5ccc(-c6ccc(C)s6)s5)ccc3-4)s2)cc1. The fourth-order valence-corrected chi connectivity index (χ4v) is 29.8. The first-order valence-electron chi connectivity index (χ1n) is 56.8. The summed E-state index contributed by atoms with van der Waals surface area (Å²) < 4.78 is 22.9. The van der Waals surface area contributed by atoms with Crippen LogP contribution in [0.4, 0.5) is 0 Å². The van der Waals surface area contributed by atoms with Gasteiger partial charge in [-0.3, -0.25) is 9.59 Å². The molecule has 0 saturated carbocycles. The second-order valence-corrected chi connectivity index (χ2v) is 48.8. The Morgan fingerprint density at radius 2 is 0.490 bits per heavy atom. The van der Waals surface area contributed by atoms with E-state index in [9.17, 15) is 9.59 Å². The van der Waals surface area contributed by atoms with E-state index in [1.54, 1.807) is 35.4 Å². The van der Waals surface area contributed by atoms with Gasteiger partial charge in [-0.2, -0.15) is 0 Å². The third-order valence-electron chi connectivity index (χ3n) is 31.4. The van der Waals surface area contributed by atoms with Crippen molar-refractivity contribution in [2.24, 2.45) is 0 Å². The molecule has 14 aromatic rings. The van der Waals surface area contributed by atoms with Gasteiger partial charge in [0.25, 0.3) is 0 Å². The van der Waals surface area contributed by atoms with Gasteiger partial charge >= 0.3 is 11.9 Å². The number of benzene rings is 8. The maximum Gasteiger partial charge on any atom is 0.306 e. The van der Waals surface area contributed by atoms with E-state index < -0.39 is 6.10 Å². The molecule has 0 saturated heterocycles. The van der Waals surface area contributed by atoms with E-state index in [2.05, 4.69) is 312 Å². The van der Waals surface area contributed by atoms with Crippen molar-refractivity contribution in [2.75, 3.05) is 13.2 Å². The number of carbonyl (C=O) groups is 2. The normalized spacial score (nSPS) is 13.1. The van der Waals surface area contributed by atoms with Gasteiger partial charge in [0, 0.05) is 87.6 Å². The van der Waals surface area contributed by atoms with Crippen molar-refractivity contribution in [2.45, 2.75) is 341 Å². The lowest BCUT2D eigenvalue weighted by atomic mass is 9.70. The molecule has 0 spiro atoms. The van der Waals surface area contributed by atoms with E-state index in [0.29, 0.717) is 12.8 Å². The van der Waals surface area contributed by atoms with Crippen molar-refractivity contribution < 1.29 is 28.5 Å². The Bertz CT molecular complexity index is 6680. The Morgan fingerprint density at radius 3 is 0.785 bits per heavy atom. The first-order chi connectivity index (χ1) is 73.0. The average molecular weight is 2100 g/mol. The lowest BCUT2D eigenvalue weighted by Gasteiger charge is -2.33. The van der Waals surface area contributed by atoms with Crippen LogP contribution in [0.1, 0.15) is 342 Å². The first kappa shape index (κ1) is 111. The van der Waals surface area contributed by atoms with Gasteiger partial charge in [-0.15, -0.1) is 68.0 Å². The van der Waals surface area contributed by atoms with Crippen molar-refractivity contribution in [1.82, 2.24) is 0 Å². The quantitative estimate of drug-likeness (QED) is 0.0215. The second-order valence-electron chi connectivity index (χ2n) is 42.1. The van der Waals surface area contributed by atoms with E-state index in [4.69, 9.17) is 18.9 Å². The largest absolute Gasteiger partial charge is 0.494 e. The number of ether oxygens (including phenoxy) is 4. The van der Waals surface area contributed by atoms with Crippen molar-refractivity contribution >= 4 is 80.0 Å². The standard InChI is InChI=1S/C83H100O3S3.C54H60O3S3/c1-8-14-16-18-25-29-53-83(54-30-26-19-17-15-9-2)71-56-60(7)33-41-67(71)68-42-37-64(59-74(68)83)78-48-50-80(89-78)79-49-47-77(88-79)63-38-44-70-69-43-36-62(57-72(69)82(51-10-3,52-11-4)73(70)58-63)76-46-45-75(87-76)61-34-39-66(40-35-61)85-55-31-27-23-21-20-22-24-28-32-81(84)86-65(12-5)13-6;1-6-33-54(34-7-2)46-36-40(22-26-44(46)45-27-23-41(37-47(45)54)50-31-32-52(60-50)51-28-19-38(5)58-51)49-30-29-48(59-49)39-20-24-43(25-21-39)56-35-17-15-13-11-10-12-14-16-18-53(55)57-42(8-3)9-4/h12-13,33-50,56-59,65H,5-6,8-11,14-32,51-55H2,1-4,7H3;8-9,19-32,36-37,42H,3-4,6-7,10-18,33-35H2,1-2,5H3. The number of hydrogen-bond donors (Lipinski definition) is 0. The number of esters is 2. The maximum atomic E-state index is 12.0. The average Bonchev–Trinajstić information content (AvgIpc) is 1.56. The summed E-state index contributed by atoms with van der Waals surface area (Å²) in [6.45, 7) is 34.7. The van der Waals surface area contributed by atoms with Crippen molar-refractivity contribution in [3.8, 4) is 137 Å². The molecule has 6 nitrogen and oxygen atoms in total. The molecular weight excluding hydrogens is 1930 g/mol. The Kier molecular flexibility index (Phi) is 41.1. The molecule has 3 aliphatic carbocycles. The summed E-state index contributed by atoms with van der Waals surface area (Å²) in [5, 5.41) is 0. The lowest BCUT2D eigenvalue weighted by Crippen LogP contribution is -2.25. The van der Waals surface area contributed by atoms with E-state index >= 15 is 0 Å². The van der Waals surface area contributed by atoms with E-state index in [1.807, 2.05) is 68.0 Å². The Hall–Kier alpha value is -10.5. The van der Waals surface area contributed by atoms with Gasteiger partial charge in [0.1, 0.15) is 23.7 Å². The second kappa shape index (κ2) is 55.1.